The molecule has 1 aromatic rings. The number of hydrogen-bond acceptors (Lipinski definition) is 3. The van der Waals surface area contributed by atoms with Gasteiger partial charge in [0.05, 0.1) is 11.4 Å². The van der Waals surface area contributed by atoms with E-state index in [4.69, 9.17) is 5.73 Å². The Hall–Kier alpha value is -1.71. The minimum atomic E-state index is -0.00762. The molecule has 0 unspecified atom stereocenters. The first-order valence-electron chi connectivity index (χ1n) is 7.76. The normalized spacial score (nSPS) is 16.3. The lowest BCUT2D eigenvalue weighted by Gasteiger charge is -2.36. The molecule has 1 saturated heterocycles. The van der Waals surface area contributed by atoms with Gasteiger partial charge in [-0.25, -0.2) is 0 Å². The standard InChI is InChI=1S/C17H27N3O/c1-12(2)13-7-9-20(10-8-13)16-6-5-14(11-15(16)18)17(21)19(3)4/h5-6,11-13H,7-10,18H2,1-4H3. The van der Waals surface area contributed by atoms with Crippen molar-refractivity contribution in [2.75, 3.05) is 37.8 Å². The van der Waals surface area contributed by atoms with Crippen LogP contribution in [0.4, 0.5) is 11.4 Å². The van der Waals surface area contributed by atoms with Gasteiger partial charge in [0, 0.05) is 32.7 Å². The van der Waals surface area contributed by atoms with Crippen LogP contribution in [0.2, 0.25) is 0 Å². The van der Waals surface area contributed by atoms with Gasteiger partial charge < -0.3 is 15.5 Å². The second-order valence-corrected chi connectivity index (χ2v) is 6.54. The van der Waals surface area contributed by atoms with E-state index in [0.717, 1.165) is 30.6 Å². The van der Waals surface area contributed by atoms with E-state index in [9.17, 15) is 4.79 Å². The third-order valence-corrected chi connectivity index (χ3v) is 4.50. The lowest BCUT2D eigenvalue weighted by molar-refractivity contribution is 0.0827. The van der Waals surface area contributed by atoms with Gasteiger partial charge in [0.15, 0.2) is 0 Å². The van der Waals surface area contributed by atoms with Crippen molar-refractivity contribution < 1.29 is 4.79 Å². The Balaban J connectivity index is 2.10. The van der Waals surface area contributed by atoms with Crippen LogP contribution in [0.5, 0.6) is 0 Å². The minimum Gasteiger partial charge on any atom is -0.397 e. The van der Waals surface area contributed by atoms with Gasteiger partial charge in [-0.1, -0.05) is 13.8 Å². The predicted octanol–water partition coefficient (Wildman–Crippen LogP) is 2.84. The number of carbonyl (C=O) groups excluding carboxylic acids is 1. The van der Waals surface area contributed by atoms with E-state index in [2.05, 4.69) is 18.7 Å². The lowest BCUT2D eigenvalue weighted by atomic mass is 9.86. The molecule has 1 heterocycles. The number of hydrogen-bond donors (Lipinski definition) is 1. The Morgan fingerprint density at radius 3 is 2.38 bits per heavy atom. The molecule has 2 N–H and O–H groups in total. The number of piperidine rings is 1. The number of nitrogen functional groups attached to an aromatic ring is 1. The average molecular weight is 289 g/mol. The van der Waals surface area contributed by atoms with Crippen LogP contribution in [-0.4, -0.2) is 38.0 Å². The zero-order valence-corrected chi connectivity index (χ0v) is 13.6. The van der Waals surface area contributed by atoms with Crippen molar-refractivity contribution >= 4 is 17.3 Å². The average Bonchev–Trinajstić information content (AvgIpc) is 2.46. The van der Waals surface area contributed by atoms with Crippen molar-refractivity contribution in [1.29, 1.82) is 0 Å². The molecule has 1 fully saturated rings. The summed E-state index contributed by atoms with van der Waals surface area (Å²) in [5, 5.41) is 0. The van der Waals surface area contributed by atoms with Crippen LogP contribution in [0.1, 0.15) is 37.0 Å². The molecule has 21 heavy (non-hydrogen) atoms. The zero-order valence-electron chi connectivity index (χ0n) is 13.6. The number of anilines is 2. The summed E-state index contributed by atoms with van der Waals surface area (Å²) in [7, 11) is 3.51. The summed E-state index contributed by atoms with van der Waals surface area (Å²) in [4.78, 5) is 15.9. The van der Waals surface area contributed by atoms with Crippen LogP contribution in [0.3, 0.4) is 0 Å². The molecule has 0 radical (unpaired) electrons. The molecule has 1 aromatic carbocycles. The van der Waals surface area contributed by atoms with Crippen molar-refractivity contribution in [2.45, 2.75) is 26.7 Å². The summed E-state index contributed by atoms with van der Waals surface area (Å²) in [6.45, 7) is 6.70. The first-order chi connectivity index (χ1) is 9.90. The molecule has 1 aliphatic rings. The maximum atomic E-state index is 12.0. The Morgan fingerprint density at radius 2 is 1.90 bits per heavy atom. The highest BCUT2D eigenvalue weighted by molar-refractivity contribution is 5.95. The van der Waals surface area contributed by atoms with E-state index in [0.29, 0.717) is 11.3 Å². The molecule has 1 amide bonds. The SMILES string of the molecule is CC(C)C1CCN(c2ccc(C(=O)N(C)C)cc2N)CC1. The fourth-order valence-corrected chi connectivity index (χ4v) is 3.04. The lowest BCUT2D eigenvalue weighted by Crippen LogP contribution is -2.35. The van der Waals surface area contributed by atoms with E-state index in [1.165, 1.54) is 12.8 Å². The van der Waals surface area contributed by atoms with Gasteiger partial charge in [-0.3, -0.25) is 4.79 Å². The molecule has 0 aliphatic carbocycles. The number of benzene rings is 1. The van der Waals surface area contributed by atoms with Crippen LogP contribution in [-0.2, 0) is 0 Å². The first-order valence-corrected chi connectivity index (χ1v) is 7.76. The van der Waals surface area contributed by atoms with Crippen LogP contribution in [0.25, 0.3) is 0 Å². The second kappa shape index (κ2) is 6.37. The van der Waals surface area contributed by atoms with Crippen molar-refractivity contribution in [3.05, 3.63) is 23.8 Å². The molecule has 0 spiro atoms. The highest BCUT2D eigenvalue weighted by atomic mass is 16.2. The fourth-order valence-electron chi connectivity index (χ4n) is 3.04. The maximum Gasteiger partial charge on any atom is 0.253 e. The molecule has 1 aliphatic heterocycles. The molecular formula is C17H27N3O. The number of nitrogens with zero attached hydrogens (tertiary/aromatic N) is 2. The molecule has 0 atom stereocenters. The number of nitrogens with two attached hydrogens (primary N) is 1. The monoisotopic (exact) mass is 289 g/mol. The highest BCUT2D eigenvalue weighted by Crippen LogP contribution is 2.31. The molecule has 4 nitrogen and oxygen atoms in total. The van der Waals surface area contributed by atoms with E-state index < -0.39 is 0 Å². The quantitative estimate of drug-likeness (QED) is 0.871. The van der Waals surface area contributed by atoms with Crippen molar-refractivity contribution in [3.63, 3.8) is 0 Å². The fraction of sp³-hybridized carbons (Fsp3) is 0.588. The van der Waals surface area contributed by atoms with Gasteiger partial charge in [0.25, 0.3) is 5.91 Å². The third kappa shape index (κ3) is 3.49. The molecule has 0 aromatic heterocycles. The van der Waals surface area contributed by atoms with Gasteiger partial charge >= 0.3 is 0 Å². The largest absolute Gasteiger partial charge is 0.397 e. The van der Waals surface area contributed by atoms with Crippen LogP contribution in [0.15, 0.2) is 18.2 Å². The second-order valence-electron chi connectivity index (χ2n) is 6.54. The summed E-state index contributed by atoms with van der Waals surface area (Å²) >= 11 is 0. The van der Waals surface area contributed by atoms with Crippen LogP contribution in [0, 0.1) is 11.8 Å². The van der Waals surface area contributed by atoms with E-state index in [1.807, 2.05) is 12.1 Å². The summed E-state index contributed by atoms with van der Waals surface area (Å²) in [5.41, 5.74) is 8.59. The Labute approximate surface area is 127 Å². The van der Waals surface area contributed by atoms with Gasteiger partial charge in [-0.05, 0) is 42.9 Å². The Bertz CT molecular complexity index is 503. The van der Waals surface area contributed by atoms with E-state index >= 15 is 0 Å². The van der Waals surface area contributed by atoms with Crippen molar-refractivity contribution in [3.8, 4) is 0 Å². The minimum absolute atomic E-state index is 0.00762. The van der Waals surface area contributed by atoms with Crippen LogP contribution >= 0.6 is 0 Å². The maximum absolute atomic E-state index is 12.0. The summed E-state index contributed by atoms with van der Waals surface area (Å²) in [6, 6.07) is 5.66. The summed E-state index contributed by atoms with van der Waals surface area (Å²) < 4.78 is 0. The van der Waals surface area contributed by atoms with Crippen molar-refractivity contribution in [2.24, 2.45) is 11.8 Å². The number of rotatable bonds is 3. The smallest absolute Gasteiger partial charge is 0.253 e. The Kier molecular flexibility index (Phi) is 4.76. The van der Waals surface area contributed by atoms with E-state index in [1.54, 1.807) is 25.1 Å². The number of carbonyl (C=O) groups is 1. The zero-order chi connectivity index (χ0) is 15.6. The highest BCUT2D eigenvalue weighted by Gasteiger charge is 2.23. The first kappa shape index (κ1) is 15.7. The van der Waals surface area contributed by atoms with Gasteiger partial charge in [0.1, 0.15) is 0 Å². The van der Waals surface area contributed by atoms with Crippen molar-refractivity contribution in [1.82, 2.24) is 4.90 Å². The summed E-state index contributed by atoms with van der Waals surface area (Å²) in [6.07, 6.45) is 2.44. The van der Waals surface area contributed by atoms with E-state index in [-0.39, 0.29) is 5.91 Å². The molecule has 2 rings (SSSR count). The molecule has 0 bridgehead atoms. The third-order valence-electron chi connectivity index (χ3n) is 4.50. The van der Waals surface area contributed by atoms with Gasteiger partial charge in [0.2, 0.25) is 0 Å². The molecule has 116 valence electrons. The molecule has 0 saturated carbocycles. The number of amides is 1. The Morgan fingerprint density at radius 1 is 1.29 bits per heavy atom. The van der Waals surface area contributed by atoms with Gasteiger partial charge in [-0.15, -0.1) is 0 Å². The molecular weight excluding hydrogens is 262 g/mol. The topological polar surface area (TPSA) is 49.6 Å². The summed E-state index contributed by atoms with van der Waals surface area (Å²) in [5.74, 6) is 1.56. The van der Waals surface area contributed by atoms with Gasteiger partial charge in [-0.2, -0.15) is 0 Å². The predicted molar refractivity (Wildman–Crippen MR) is 88.6 cm³/mol. The molecule has 4 heteroatoms. The van der Waals surface area contributed by atoms with Crippen LogP contribution < -0.4 is 10.6 Å².